The first-order valence-electron chi connectivity index (χ1n) is 7.07. The molecule has 0 saturated carbocycles. The van der Waals surface area contributed by atoms with E-state index >= 15 is 0 Å². The van der Waals surface area contributed by atoms with Crippen LogP contribution < -0.4 is 0 Å². The van der Waals surface area contributed by atoms with E-state index < -0.39 is 11.4 Å². The fraction of sp³-hybridized carbons (Fsp3) is 0.500. The molecular formula is C16H20ClNO3. The van der Waals surface area contributed by atoms with Gasteiger partial charge >= 0.3 is 5.97 Å². The summed E-state index contributed by atoms with van der Waals surface area (Å²) in [5, 5.41) is 10.1. The van der Waals surface area contributed by atoms with E-state index in [2.05, 4.69) is 0 Å². The molecule has 1 aromatic carbocycles. The van der Waals surface area contributed by atoms with Crippen LogP contribution in [0.15, 0.2) is 18.2 Å². The number of amides is 1. The standard InChI is InChI=1S/C16H20ClNO3/c1-10(2)16(15(20)21)6-7-18(9-16)14(19)12-5-4-11(3)13(17)8-12/h4-5,8,10H,6-7,9H2,1-3H3,(H,20,21). The Hall–Kier alpha value is -1.55. The van der Waals surface area contributed by atoms with E-state index in [4.69, 9.17) is 11.6 Å². The summed E-state index contributed by atoms with van der Waals surface area (Å²) < 4.78 is 0. The lowest BCUT2D eigenvalue weighted by molar-refractivity contribution is -0.150. The van der Waals surface area contributed by atoms with Crippen LogP contribution in [-0.4, -0.2) is 35.0 Å². The molecule has 1 aliphatic heterocycles. The zero-order valence-corrected chi connectivity index (χ0v) is 13.3. The summed E-state index contributed by atoms with van der Waals surface area (Å²) in [5.74, 6) is -0.996. The Balaban J connectivity index is 2.22. The zero-order chi connectivity index (χ0) is 15.8. The molecule has 1 amide bonds. The van der Waals surface area contributed by atoms with Crippen LogP contribution in [0.2, 0.25) is 5.02 Å². The second-order valence-electron chi connectivity index (χ2n) is 6.06. The lowest BCUT2D eigenvalue weighted by atomic mass is 9.76. The first-order chi connectivity index (χ1) is 9.78. The van der Waals surface area contributed by atoms with Gasteiger partial charge in [-0.05, 0) is 37.0 Å². The Morgan fingerprint density at radius 1 is 1.38 bits per heavy atom. The smallest absolute Gasteiger partial charge is 0.311 e. The van der Waals surface area contributed by atoms with Crippen LogP contribution in [0.5, 0.6) is 0 Å². The summed E-state index contributed by atoms with van der Waals surface area (Å²) in [4.78, 5) is 25.7. The minimum Gasteiger partial charge on any atom is -0.481 e. The summed E-state index contributed by atoms with van der Waals surface area (Å²) >= 11 is 6.06. The van der Waals surface area contributed by atoms with Gasteiger partial charge in [0.25, 0.3) is 5.91 Å². The van der Waals surface area contributed by atoms with Crippen LogP contribution in [0.1, 0.15) is 36.2 Å². The van der Waals surface area contributed by atoms with Crippen LogP contribution >= 0.6 is 11.6 Å². The SMILES string of the molecule is Cc1ccc(C(=O)N2CCC(C(=O)O)(C(C)C)C2)cc1Cl. The van der Waals surface area contributed by atoms with Crippen LogP contribution in [0, 0.1) is 18.3 Å². The van der Waals surface area contributed by atoms with E-state index in [0.717, 1.165) is 5.56 Å². The van der Waals surface area contributed by atoms with Crippen LogP contribution in [0.3, 0.4) is 0 Å². The topological polar surface area (TPSA) is 57.6 Å². The van der Waals surface area contributed by atoms with Crippen molar-refractivity contribution in [3.63, 3.8) is 0 Å². The highest BCUT2D eigenvalue weighted by Gasteiger charge is 2.48. The molecule has 0 radical (unpaired) electrons. The predicted molar refractivity (Wildman–Crippen MR) is 81.6 cm³/mol. The number of likely N-dealkylation sites (tertiary alicyclic amines) is 1. The number of carboxylic acid groups (broad SMARTS) is 1. The van der Waals surface area contributed by atoms with Crippen molar-refractivity contribution in [3.05, 3.63) is 34.3 Å². The third-order valence-electron chi connectivity index (χ3n) is 4.54. The molecule has 1 atom stereocenters. The van der Waals surface area contributed by atoms with Gasteiger partial charge in [0.15, 0.2) is 0 Å². The van der Waals surface area contributed by atoms with Gasteiger partial charge in [-0.1, -0.05) is 31.5 Å². The van der Waals surface area contributed by atoms with E-state index in [1.54, 1.807) is 23.1 Å². The lowest BCUT2D eigenvalue weighted by Crippen LogP contribution is -2.40. The van der Waals surface area contributed by atoms with Gasteiger partial charge in [-0.15, -0.1) is 0 Å². The summed E-state index contributed by atoms with van der Waals surface area (Å²) in [6, 6.07) is 5.19. The Bertz CT molecular complexity index is 585. The van der Waals surface area contributed by atoms with Crippen molar-refractivity contribution in [2.75, 3.05) is 13.1 Å². The Kier molecular flexibility index (Phi) is 4.28. The van der Waals surface area contributed by atoms with E-state index in [9.17, 15) is 14.7 Å². The van der Waals surface area contributed by atoms with Gasteiger partial charge < -0.3 is 10.0 Å². The summed E-state index contributed by atoms with van der Waals surface area (Å²) in [7, 11) is 0. The molecule has 1 heterocycles. The predicted octanol–water partition coefficient (Wildman–Crippen LogP) is 3.22. The van der Waals surface area contributed by atoms with E-state index in [1.807, 2.05) is 20.8 Å². The molecule has 2 rings (SSSR count). The number of benzene rings is 1. The highest BCUT2D eigenvalue weighted by atomic mass is 35.5. The number of carbonyl (C=O) groups is 2. The molecule has 1 aliphatic rings. The summed E-state index contributed by atoms with van der Waals surface area (Å²) in [6.45, 7) is 6.38. The number of halogens is 1. The van der Waals surface area contributed by atoms with Gasteiger partial charge in [0.2, 0.25) is 0 Å². The normalized spacial score (nSPS) is 21.9. The van der Waals surface area contributed by atoms with E-state index in [0.29, 0.717) is 23.6 Å². The quantitative estimate of drug-likeness (QED) is 0.932. The maximum Gasteiger partial charge on any atom is 0.311 e. The Morgan fingerprint density at radius 2 is 2.05 bits per heavy atom. The molecule has 1 N–H and O–H groups in total. The van der Waals surface area contributed by atoms with Gasteiger partial charge in [-0.2, -0.15) is 0 Å². The van der Waals surface area contributed by atoms with Crippen LogP contribution in [0.4, 0.5) is 0 Å². The number of hydrogen-bond donors (Lipinski definition) is 1. The monoisotopic (exact) mass is 309 g/mol. The molecule has 5 heteroatoms. The molecule has 4 nitrogen and oxygen atoms in total. The fourth-order valence-corrected chi connectivity index (χ4v) is 2.99. The van der Waals surface area contributed by atoms with Gasteiger partial charge in [-0.25, -0.2) is 0 Å². The second-order valence-corrected chi connectivity index (χ2v) is 6.46. The van der Waals surface area contributed by atoms with Crippen LogP contribution in [0.25, 0.3) is 0 Å². The van der Waals surface area contributed by atoms with Crippen LogP contribution in [-0.2, 0) is 4.79 Å². The number of carbonyl (C=O) groups excluding carboxylic acids is 1. The Labute approximate surface area is 129 Å². The number of carboxylic acids is 1. The highest BCUT2D eigenvalue weighted by Crippen LogP contribution is 2.38. The van der Waals surface area contributed by atoms with Gasteiger partial charge in [0.1, 0.15) is 0 Å². The summed E-state index contributed by atoms with van der Waals surface area (Å²) in [5.41, 5.74) is 0.580. The maximum absolute atomic E-state index is 12.5. The number of hydrogen-bond acceptors (Lipinski definition) is 2. The average molecular weight is 310 g/mol. The largest absolute Gasteiger partial charge is 0.481 e. The zero-order valence-electron chi connectivity index (χ0n) is 12.5. The number of aliphatic carboxylic acids is 1. The van der Waals surface area contributed by atoms with Gasteiger partial charge in [-0.3, -0.25) is 9.59 Å². The van der Waals surface area contributed by atoms with Crippen molar-refractivity contribution < 1.29 is 14.7 Å². The van der Waals surface area contributed by atoms with Crippen molar-refractivity contribution in [1.29, 1.82) is 0 Å². The number of rotatable bonds is 3. The molecule has 0 bridgehead atoms. The van der Waals surface area contributed by atoms with E-state index in [1.165, 1.54) is 0 Å². The van der Waals surface area contributed by atoms with E-state index in [-0.39, 0.29) is 18.4 Å². The number of aryl methyl sites for hydroxylation is 1. The molecule has 1 unspecified atom stereocenters. The average Bonchev–Trinajstić information content (AvgIpc) is 2.87. The molecule has 0 aliphatic carbocycles. The summed E-state index contributed by atoms with van der Waals surface area (Å²) in [6.07, 6.45) is 0.491. The fourth-order valence-electron chi connectivity index (χ4n) is 2.81. The number of nitrogens with zero attached hydrogens (tertiary/aromatic N) is 1. The molecule has 114 valence electrons. The molecule has 21 heavy (non-hydrogen) atoms. The molecule has 1 saturated heterocycles. The molecule has 1 fully saturated rings. The van der Waals surface area contributed by atoms with Gasteiger partial charge in [0.05, 0.1) is 5.41 Å². The van der Waals surface area contributed by atoms with Crippen molar-refractivity contribution in [2.45, 2.75) is 27.2 Å². The van der Waals surface area contributed by atoms with Crippen molar-refractivity contribution in [1.82, 2.24) is 4.90 Å². The van der Waals surface area contributed by atoms with Crippen molar-refractivity contribution in [3.8, 4) is 0 Å². The third-order valence-corrected chi connectivity index (χ3v) is 4.95. The second kappa shape index (κ2) is 5.68. The Morgan fingerprint density at radius 3 is 2.52 bits per heavy atom. The first kappa shape index (κ1) is 15.8. The van der Waals surface area contributed by atoms with Crippen molar-refractivity contribution in [2.24, 2.45) is 11.3 Å². The highest BCUT2D eigenvalue weighted by molar-refractivity contribution is 6.31. The van der Waals surface area contributed by atoms with Crippen molar-refractivity contribution >= 4 is 23.5 Å². The molecular weight excluding hydrogens is 290 g/mol. The third kappa shape index (κ3) is 2.77. The minimum absolute atomic E-state index is 0.0191. The minimum atomic E-state index is -0.843. The van der Waals surface area contributed by atoms with Gasteiger partial charge in [0, 0.05) is 23.7 Å². The molecule has 0 spiro atoms. The maximum atomic E-state index is 12.5. The lowest BCUT2D eigenvalue weighted by Gasteiger charge is -2.28. The first-order valence-corrected chi connectivity index (χ1v) is 7.44. The molecule has 0 aromatic heterocycles. The molecule has 1 aromatic rings.